The number of carbonyl (C=O) groups is 1. The van der Waals surface area contributed by atoms with Crippen LogP contribution in [0.25, 0.3) is 11.2 Å². The number of aromatic nitrogens is 4. The number of hydrogen-bond donors (Lipinski definition) is 2. The second-order valence-electron chi connectivity index (χ2n) is 9.65. The Kier molecular flexibility index (Phi) is 10.6. The summed E-state index contributed by atoms with van der Waals surface area (Å²) in [5.41, 5.74) is -0.171. The number of rotatable bonds is 14. The number of imidazole rings is 1. The van der Waals surface area contributed by atoms with E-state index in [-0.39, 0.29) is 17.8 Å². The van der Waals surface area contributed by atoms with Gasteiger partial charge in [0.15, 0.2) is 0 Å². The molecule has 208 valence electrons. The molecule has 1 amide bonds. The first-order chi connectivity index (χ1) is 18.1. The van der Waals surface area contributed by atoms with Gasteiger partial charge in [-0.2, -0.15) is 0 Å². The van der Waals surface area contributed by atoms with Gasteiger partial charge in [0.05, 0.1) is 0 Å². The van der Waals surface area contributed by atoms with Crippen LogP contribution in [0.1, 0.15) is 64.9 Å². The molecule has 0 spiro atoms. The molecule has 3 aromatic rings. The Labute approximate surface area is 224 Å². The van der Waals surface area contributed by atoms with Crippen LogP contribution in [0.3, 0.4) is 0 Å². The third-order valence-electron chi connectivity index (χ3n) is 6.83. The molecule has 38 heavy (non-hydrogen) atoms. The molecule has 2 heterocycles. The average molecular weight is 642 g/mol. The number of benzene rings is 1. The van der Waals surface area contributed by atoms with E-state index in [1.807, 2.05) is 12.1 Å². The van der Waals surface area contributed by atoms with Gasteiger partial charge < -0.3 is 0 Å². The van der Waals surface area contributed by atoms with Gasteiger partial charge in [0.25, 0.3) is 0 Å². The zero-order valence-electron chi connectivity index (χ0n) is 22.2. The molecule has 1 aromatic carbocycles. The van der Waals surface area contributed by atoms with Gasteiger partial charge in [-0.25, -0.2) is 0 Å². The van der Waals surface area contributed by atoms with Crippen molar-refractivity contribution >= 4 is 45.0 Å². The van der Waals surface area contributed by atoms with Crippen molar-refractivity contribution in [3.05, 3.63) is 46.5 Å². The van der Waals surface area contributed by atoms with E-state index >= 15 is 0 Å². The van der Waals surface area contributed by atoms with Gasteiger partial charge in [-0.05, 0) is 0 Å². The molecule has 0 aliphatic rings. The molecule has 0 aliphatic heterocycles. The fourth-order valence-corrected chi connectivity index (χ4v) is 20.8. The predicted molar refractivity (Wildman–Crippen MR) is 144 cm³/mol. The number of aromatic amines is 1. The summed E-state index contributed by atoms with van der Waals surface area (Å²) in [6.45, 7) is 6.58. The van der Waals surface area contributed by atoms with Crippen molar-refractivity contribution in [3.63, 3.8) is 0 Å². The van der Waals surface area contributed by atoms with E-state index < -0.39 is 42.0 Å². The number of nitrogens with zero attached hydrogens (tertiary/aromatic N) is 3. The van der Waals surface area contributed by atoms with Gasteiger partial charge in [-0.15, -0.1) is 0 Å². The molecule has 12 heteroatoms. The molecule has 0 atom stereocenters. The van der Waals surface area contributed by atoms with Gasteiger partial charge in [0.2, 0.25) is 0 Å². The van der Waals surface area contributed by atoms with Crippen molar-refractivity contribution < 1.29 is 22.8 Å². The van der Waals surface area contributed by atoms with E-state index in [0.29, 0.717) is 4.73 Å². The normalized spacial score (nSPS) is 12.2. The van der Waals surface area contributed by atoms with Crippen LogP contribution in [-0.4, -0.2) is 50.1 Å². The molecule has 8 nitrogen and oxygen atoms in total. The zero-order chi connectivity index (χ0) is 27.8. The number of hydrogen-bond acceptors (Lipinski definition) is 5. The number of H-pyrrole nitrogens is 1. The standard InChI is InChI=1S/C14H9F3N5O3.3C4H9.Sn/c15-14(16,17)12(24)21-13-20-10-9(18-7-19-10)11(23)22(13)25-6-8-4-2-1-3-5-8;3*1-3-4-2;/h1-2,4-5,7H,6H2,(H,18,19)(H,20,21,24);3*1,3-4H2,2H3;. The van der Waals surface area contributed by atoms with Crippen LogP contribution in [0.2, 0.25) is 13.3 Å². The van der Waals surface area contributed by atoms with Crippen molar-refractivity contribution in [3.8, 4) is 0 Å². The molecule has 0 aliphatic carbocycles. The quantitative estimate of drug-likeness (QED) is 0.233. The number of amides is 1. The number of alkyl halides is 3. The first kappa shape index (κ1) is 30.0. The van der Waals surface area contributed by atoms with Crippen LogP contribution in [0.5, 0.6) is 0 Å². The van der Waals surface area contributed by atoms with Crippen LogP contribution in [0.4, 0.5) is 19.1 Å². The molecule has 0 fully saturated rings. The third-order valence-corrected chi connectivity index (χ3v) is 22.4. The second kappa shape index (κ2) is 13.5. The Morgan fingerprint density at radius 2 is 1.71 bits per heavy atom. The Morgan fingerprint density at radius 3 is 2.29 bits per heavy atom. The first-order valence-electron chi connectivity index (χ1n) is 13.2. The van der Waals surface area contributed by atoms with E-state index in [1.165, 1.54) is 42.5 Å². The summed E-state index contributed by atoms with van der Waals surface area (Å²) >= 11 is -2.73. The summed E-state index contributed by atoms with van der Waals surface area (Å²) in [7, 11) is 0. The van der Waals surface area contributed by atoms with E-state index in [0.717, 1.165) is 24.8 Å². The zero-order valence-corrected chi connectivity index (χ0v) is 25.0. The fourth-order valence-electron chi connectivity index (χ4n) is 4.73. The van der Waals surface area contributed by atoms with Gasteiger partial charge in [-0.1, -0.05) is 0 Å². The van der Waals surface area contributed by atoms with E-state index in [4.69, 9.17) is 4.84 Å². The second-order valence-corrected chi connectivity index (χ2v) is 22.9. The number of fused-ring (bicyclic) bond motifs is 1. The predicted octanol–water partition coefficient (Wildman–Crippen LogP) is 5.31. The van der Waals surface area contributed by atoms with Crippen LogP contribution >= 0.6 is 0 Å². The van der Waals surface area contributed by atoms with E-state index in [2.05, 4.69) is 47.9 Å². The number of carbonyl (C=O) groups excluding carboxylic acids is 1. The number of unbranched alkanes of at least 4 members (excludes halogenated alkanes) is 3. The SMILES string of the molecule is CCC[CH2][Sn]([CH2]CCC)([CH2]CCC)[c]1cccc(COn2c(NC(=O)C(F)(F)F)nc3nc[nH]c3c2=O)c1. The van der Waals surface area contributed by atoms with E-state index in [9.17, 15) is 22.8 Å². The molecule has 0 unspecified atom stereocenters. The summed E-state index contributed by atoms with van der Waals surface area (Å²) in [6.07, 6.45) is 3.10. The van der Waals surface area contributed by atoms with Gasteiger partial charge in [-0.3, -0.25) is 0 Å². The molecule has 0 radical (unpaired) electrons. The Hall–Kier alpha value is -2.57. The molecule has 0 saturated carbocycles. The third kappa shape index (κ3) is 7.29. The molecule has 0 saturated heterocycles. The maximum atomic E-state index is 12.9. The molecule has 3 rings (SSSR count). The Morgan fingerprint density at radius 1 is 1.08 bits per heavy atom. The van der Waals surface area contributed by atoms with Gasteiger partial charge >= 0.3 is 225 Å². The minimum absolute atomic E-state index is 0.0438. The van der Waals surface area contributed by atoms with Gasteiger partial charge in [0, 0.05) is 0 Å². The Balaban J connectivity index is 1.94. The monoisotopic (exact) mass is 643 g/mol. The summed E-state index contributed by atoms with van der Waals surface area (Å²) in [6, 6.07) is 8.24. The minimum atomic E-state index is -5.16. The number of anilines is 1. The number of nitrogens with one attached hydrogen (secondary N) is 2. The maximum absolute atomic E-state index is 12.9. The van der Waals surface area contributed by atoms with Crippen LogP contribution in [0, 0.1) is 0 Å². The van der Waals surface area contributed by atoms with Crippen LogP contribution in [0.15, 0.2) is 35.4 Å². The van der Waals surface area contributed by atoms with Crippen molar-refractivity contribution in [2.75, 3.05) is 5.32 Å². The average Bonchev–Trinajstić information content (AvgIpc) is 3.37. The molecule has 2 N–H and O–H groups in total. The van der Waals surface area contributed by atoms with Crippen LogP contribution < -0.4 is 19.3 Å². The summed E-state index contributed by atoms with van der Waals surface area (Å²) in [5, 5.41) is 1.63. The molecule has 0 bridgehead atoms. The molecule has 2 aromatic heterocycles. The van der Waals surface area contributed by atoms with E-state index in [1.54, 1.807) is 5.32 Å². The van der Waals surface area contributed by atoms with Crippen molar-refractivity contribution in [1.82, 2.24) is 19.7 Å². The topological polar surface area (TPSA) is 102 Å². The summed E-state index contributed by atoms with van der Waals surface area (Å²) in [4.78, 5) is 40.6. The molecular weight excluding hydrogens is 606 g/mol. The Bertz CT molecular complexity index is 1250. The number of halogens is 3. The molecular formula is C26H36F3N5O3Sn. The van der Waals surface area contributed by atoms with Gasteiger partial charge in [0.1, 0.15) is 0 Å². The van der Waals surface area contributed by atoms with Crippen molar-refractivity contribution in [2.24, 2.45) is 0 Å². The first-order valence-corrected chi connectivity index (χ1v) is 20.7. The van der Waals surface area contributed by atoms with Crippen molar-refractivity contribution in [1.29, 1.82) is 0 Å². The fraction of sp³-hybridized carbons (Fsp3) is 0.538. The summed E-state index contributed by atoms with van der Waals surface area (Å²) < 4.78 is 44.6. The summed E-state index contributed by atoms with van der Waals surface area (Å²) in [5.74, 6) is -2.95. The van der Waals surface area contributed by atoms with Crippen molar-refractivity contribution in [2.45, 2.75) is 85.4 Å². The van der Waals surface area contributed by atoms with Crippen LogP contribution in [-0.2, 0) is 11.4 Å².